The summed E-state index contributed by atoms with van der Waals surface area (Å²) < 4.78 is 5.79. The van der Waals surface area contributed by atoms with Crippen molar-refractivity contribution in [2.75, 3.05) is 0 Å². The van der Waals surface area contributed by atoms with Crippen LogP contribution in [-0.4, -0.2) is 12.1 Å². The minimum absolute atomic E-state index is 0.0700. The van der Waals surface area contributed by atoms with Crippen molar-refractivity contribution in [1.29, 1.82) is 0 Å². The van der Waals surface area contributed by atoms with Crippen LogP contribution in [0.3, 0.4) is 0 Å². The molecule has 0 saturated heterocycles. The van der Waals surface area contributed by atoms with Gasteiger partial charge in [-0.1, -0.05) is 25.0 Å². The summed E-state index contributed by atoms with van der Waals surface area (Å²) in [5.74, 6) is 0.720. The largest absolute Gasteiger partial charge is 0.462 e. The third-order valence-corrected chi connectivity index (χ3v) is 4.76. The quantitative estimate of drug-likeness (QED) is 0.414. The van der Waals surface area contributed by atoms with Crippen LogP contribution in [0.1, 0.15) is 57.8 Å². The third-order valence-electron chi connectivity index (χ3n) is 4.76. The molecule has 0 amide bonds. The number of hydrogen-bond acceptors (Lipinski definition) is 2. The van der Waals surface area contributed by atoms with E-state index in [1.54, 1.807) is 0 Å². The maximum atomic E-state index is 12.3. The van der Waals surface area contributed by atoms with Crippen molar-refractivity contribution in [3.05, 3.63) is 12.2 Å². The van der Waals surface area contributed by atoms with Crippen molar-refractivity contribution in [1.82, 2.24) is 0 Å². The van der Waals surface area contributed by atoms with Gasteiger partial charge in [0.2, 0.25) is 0 Å². The molecule has 17 heavy (non-hydrogen) atoms. The lowest BCUT2D eigenvalue weighted by atomic mass is 9.88. The minimum atomic E-state index is -0.225. The van der Waals surface area contributed by atoms with Gasteiger partial charge in [0.1, 0.15) is 6.10 Å². The summed E-state index contributed by atoms with van der Waals surface area (Å²) in [7, 11) is 0. The number of hydrogen-bond donors (Lipinski definition) is 0. The maximum absolute atomic E-state index is 12.3. The highest BCUT2D eigenvalue weighted by Crippen LogP contribution is 2.50. The summed E-state index contributed by atoms with van der Waals surface area (Å²) in [4.78, 5) is 12.3. The average molecular weight is 234 g/mol. The van der Waals surface area contributed by atoms with Gasteiger partial charge in [-0.15, -0.1) is 0 Å². The third kappa shape index (κ3) is 2.14. The number of rotatable bonds is 2. The van der Waals surface area contributed by atoms with Gasteiger partial charge in [-0.3, -0.25) is 4.79 Å². The second kappa shape index (κ2) is 4.47. The predicted molar refractivity (Wildman–Crippen MR) is 66.5 cm³/mol. The van der Waals surface area contributed by atoms with Crippen LogP contribution in [0.4, 0.5) is 0 Å². The molecule has 3 aliphatic carbocycles. The lowest BCUT2D eigenvalue weighted by molar-refractivity contribution is -0.158. The number of esters is 1. The molecule has 0 heterocycles. The van der Waals surface area contributed by atoms with Gasteiger partial charge in [0.25, 0.3) is 0 Å². The van der Waals surface area contributed by atoms with Crippen molar-refractivity contribution in [2.24, 2.45) is 11.3 Å². The fourth-order valence-electron chi connectivity index (χ4n) is 3.63. The second-order valence-electron chi connectivity index (χ2n) is 6.04. The average Bonchev–Trinajstić information content (AvgIpc) is 2.86. The number of carbonyl (C=O) groups excluding carboxylic acids is 1. The van der Waals surface area contributed by atoms with Crippen molar-refractivity contribution >= 4 is 5.97 Å². The van der Waals surface area contributed by atoms with E-state index in [2.05, 4.69) is 12.2 Å². The van der Waals surface area contributed by atoms with Gasteiger partial charge in [-0.05, 0) is 50.9 Å². The molecule has 0 spiro atoms. The van der Waals surface area contributed by atoms with Crippen molar-refractivity contribution < 1.29 is 9.53 Å². The number of carbonyl (C=O) groups is 1. The Kier molecular flexibility index (Phi) is 2.97. The molecule has 0 aromatic carbocycles. The summed E-state index contributed by atoms with van der Waals surface area (Å²) >= 11 is 0. The SMILES string of the molecule is O=C(OC1CCCCCC1)C12C=CC(CC1)C2. The molecule has 94 valence electrons. The van der Waals surface area contributed by atoms with Gasteiger partial charge in [-0.25, -0.2) is 0 Å². The summed E-state index contributed by atoms with van der Waals surface area (Å²) in [5.41, 5.74) is -0.225. The molecule has 3 aliphatic rings. The predicted octanol–water partition coefficient (Wildman–Crippen LogP) is 3.61. The first kappa shape index (κ1) is 11.3. The van der Waals surface area contributed by atoms with Crippen LogP contribution in [0.5, 0.6) is 0 Å². The van der Waals surface area contributed by atoms with Crippen LogP contribution in [-0.2, 0) is 9.53 Å². The lowest BCUT2D eigenvalue weighted by Crippen LogP contribution is -2.31. The molecule has 2 saturated carbocycles. The normalized spacial score (nSPS) is 37.1. The zero-order valence-corrected chi connectivity index (χ0v) is 10.5. The Morgan fingerprint density at radius 2 is 1.88 bits per heavy atom. The van der Waals surface area contributed by atoms with Crippen LogP contribution in [0.15, 0.2) is 12.2 Å². The number of allylic oxidation sites excluding steroid dienone is 1. The lowest BCUT2D eigenvalue weighted by Gasteiger charge is -2.25. The molecule has 0 N–H and O–H groups in total. The molecule has 2 atom stereocenters. The highest BCUT2D eigenvalue weighted by molar-refractivity contribution is 5.80. The van der Waals surface area contributed by atoms with Crippen LogP contribution < -0.4 is 0 Å². The van der Waals surface area contributed by atoms with Gasteiger partial charge >= 0.3 is 5.97 Å². The van der Waals surface area contributed by atoms with E-state index in [1.807, 2.05) is 0 Å². The van der Waals surface area contributed by atoms with Gasteiger partial charge in [0, 0.05) is 0 Å². The molecule has 0 aromatic rings. The molecule has 2 fully saturated rings. The number of ether oxygens (including phenoxy) is 1. The Labute approximate surface area is 103 Å². The Bertz CT molecular complexity index is 326. The molecular weight excluding hydrogens is 212 g/mol. The van der Waals surface area contributed by atoms with E-state index in [1.165, 1.54) is 32.1 Å². The van der Waals surface area contributed by atoms with Gasteiger partial charge < -0.3 is 4.74 Å². The first-order valence-corrected chi connectivity index (χ1v) is 7.19. The molecule has 0 aromatic heterocycles. The van der Waals surface area contributed by atoms with Crippen LogP contribution in [0.2, 0.25) is 0 Å². The zero-order chi connectivity index (χ0) is 11.7. The summed E-state index contributed by atoms with van der Waals surface area (Å²) in [6, 6.07) is 0. The summed E-state index contributed by atoms with van der Waals surface area (Å²) in [6.07, 6.45) is 15.0. The second-order valence-corrected chi connectivity index (χ2v) is 6.04. The van der Waals surface area contributed by atoms with Gasteiger partial charge in [0.05, 0.1) is 5.41 Å². The molecule has 2 heteroatoms. The van der Waals surface area contributed by atoms with E-state index in [9.17, 15) is 4.79 Å². The molecule has 2 nitrogen and oxygen atoms in total. The Hall–Kier alpha value is -0.790. The topological polar surface area (TPSA) is 26.3 Å². The summed E-state index contributed by atoms with van der Waals surface area (Å²) in [5, 5.41) is 0. The Balaban J connectivity index is 1.61. The van der Waals surface area contributed by atoms with Gasteiger partial charge in [0.15, 0.2) is 0 Å². The Morgan fingerprint density at radius 1 is 1.12 bits per heavy atom. The molecular formula is C15H22O2. The van der Waals surface area contributed by atoms with Crippen molar-refractivity contribution in [3.63, 3.8) is 0 Å². The molecule has 2 unspecified atom stereocenters. The van der Waals surface area contributed by atoms with E-state index in [4.69, 9.17) is 4.74 Å². The van der Waals surface area contributed by atoms with E-state index in [-0.39, 0.29) is 17.5 Å². The van der Waals surface area contributed by atoms with Crippen molar-refractivity contribution in [2.45, 2.75) is 63.9 Å². The fourth-order valence-corrected chi connectivity index (χ4v) is 3.63. The molecule has 0 radical (unpaired) electrons. The first-order valence-electron chi connectivity index (χ1n) is 7.19. The highest BCUT2D eigenvalue weighted by atomic mass is 16.5. The minimum Gasteiger partial charge on any atom is -0.462 e. The number of fused-ring (bicyclic) bond motifs is 2. The first-order chi connectivity index (χ1) is 8.28. The van der Waals surface area contributed by atoms with E-state index in [0.717, 1.165) is 25.7 Å². The highest BCUT2D eigenvalue weighted by Gasteiger charge is 2.48. The van der Waals surface area contributed by atoms with E-state index in [0.29, 0.717) is 5.92 Å². The van der Waals surface area contributed by atoms with Crippen molar-refractivity contribution in [3.8, 4) is 0 Å². The summed E-state index contributed by atoms with van der Waals surface area (Å²) in [6.45, 7) is 0. The zero-order valence-electron chi connectivity index (χ0n) is 10.5. The Morgan fingerprint density at radius 3 is 2.41 bits per heavy atom. The molecule has 0 aliphatic heterocycles. The van der Waals surface area contributed by atoms with Crippen LogP contribution in [0, 0.1) is 11.3 Å². The van der Waals surface area contributed by atoms with E-state index < -0.39 is 0 Å². The van der Waals surface area contributed by atoms with E-state index >= 15 is 0 Å². The smallest absolute Gasteiger partial charge is 0.316 e. The maximum Gasteiger partial charge on any atom is 0.316 e. The van der Waals surface area contributed by atoms with Crippen LogP contribution >= 0.6 is 0 Å². The van der Waals surface area contributed by atoms with Crippen LogP contribution in [0.25, 0.3) is 0 Å². The molecule has 2 bridgehead atoms. The molecule has 3 rings (SSSR count). The fraction of sp³-hybridized carbons (Fsp3) is 0.800. The standard InChI is InChI=1S/C15H22O2/c16-14(15-9-7-12(11-15)8-10-15)17-13-5-3-1-2-4-6-13/h7,9,12-13H,1-6,8,10-11H2. The monoisotopic (exact) mass is 234 g/mol. The van der Waals surface area contributed by atoms with Gasteiger partial charge in [-0.2, -0.15) is 0 Å².